The minimum atomic E-state index is -1.47. The molecule has 3 aromatic rings. The Morgan fingerprint density at radius 2 is 1.55 bits per heavy atom. The summed E-state index contributed by atoms with van der Waals surface area (Å²) in [5.41, 5.74) is 2.50. The largest absolute Gasteiger partial charge is 0.497 e. The van der Waals surface area contributed by atoms with E-state index in [1.807, 2.05) is 48.5 Å². The summed E-state index contributed by atoms with van der Waals surface area (Å²) in [4.78, 5) is 0. The zero-order chi connectivity index (χ0) is 30.8. The second-order valence-corrected chi connectivity index (χ2v) is 12.3. The standard InChI is InChI=1S/C34H44N3O4P/c1-26(2)37(27(3)4)42(40-23-12-22-35)41-32-21-24-39-33(32)25-36-34(28-13-8-6-9-14-28,29-15-10-7-11-16-29)30-17-19-31(38-5)20-18-30/h6-11,13-20,26-27,32-33,36H,12,21,23-25H2,1-5H3/t32-,33-,42?/m1/s1/i24T/t24?,32-,33-,42?. The van der Waals surface area contributed by atoms with Crippen LogP contribution in [0.25, 0.3) is 0 Å². The molecule has 3 aromatic carbocycles. The summed E-state index contributed by atoms with van der Waals surface area (Å²) in [6.07, 6.45) is -0.0253. The lowest BCUT2D eigenvalue weighted by molar-refractivity contribution is 0.0401. The van der Waals surface area contributed by atoms with Crippen LogP contribution in [0.15, 0.2) is 84.9 Å². The molecule has 0 radical (unpaired) electrons. The van der Waals surface area contributed by atoms with Crippen molar-refractivity contribution in [2.45, 2.75) is 70.4 Å². The van der Waals surface area contributed by atoms with E-state index in [4.69, 9.17) is 25.2 Å². The van der Waals surface area contributed by atoms with Gasteiger partial charge < -0.3 is 18.5 Å². The molecule has 8 heteroatoms. The fraction of sp³-hybridized carbons (Fsp3) is 0.441. The van der Waals surface area contributed by atoms with Gasteiger partial charge in [-0.15, -0.1) is 0 Å². The van der Waals surface area contributed by atoms with Crippen LogP contribution in [0.4, 0.5) is 0 Å². The number of nitriles is 1. The number of methoxy groups -OCH3 is 1. The van der Waals surface area contributed by atoms with Crippen molar-refractivity contribution >= 4 is 8.53 Å². The van der Waals surface area contributed by atoms with Crippen molar-refractivity contribution in [3.63, 3.8) is 0 Å². The summed E-state index contributed by atoms with van der Waals surface area (Å²) in [6.45, 7) is 8.49. The van der Waals surface area contributed by atoms with Gasteiger partial charge in [0.15, 0.2) is 0 Å². The molecular weight excluding hydrogens is 545 g/mol. The number of benzene rings is 3. The fourth-order valence-corrected chi connectivity index (χ4v) is 7.25. The summed E-state index contributed by atoms with van der Waals surface area (Å²) in [7, 11) is 0.199. The predicted octanol–water partition coefficient (Wildman–Crippen LogP) is 7.03. The molecule has 1 aliphatic rings. The lowest BCUT2D eigenvalue weighted by Gasteiger charge is -2.39. The summed E-state index contributed by atoms with van der Waals surface area (Å²) in [6, 6.07) is 31.4. The third-order valence-electron chi connectivity index (χ3n) is 7.41. The Labute approximate surface area is 254 Å². The van der Waals surface area contributed by atoms with Gasteiger partial charge in [0.1, 0.15) is 5.75 Å². The summed E-state index contributed by atoms with van der Waals surface area (Å²) >= 11 is 0. The van der Waals surface area contributed by atoms with E-state index in [1.165, 1.54) is 0 Å². The Morgan fingerprint density at radius 1 is 0.976 bits per heavy atom. The number of hydrogen-bond acceptors (Lipinski definition) is 7. The van der Waals surface area contributed by atoms with Crippen molar-refractivity contribution in [3.05, 3.63) is 102 Å². The summed E-state index contributed by atoms with van der Waals surface area (Å²) in [5, 5.41) is 13.0. The molecule has 42 heavy (non-hydrogen) atoms. The van der Waals surface area contributed by atoms with Gasteiger partial charge in [0.05, 0.1) is 45.3 Å². The lowest BCUT2D eigenvalue weighted by atomic mass is 9.77. The molecule has 1 heterocycles. The first-order valence-corrected chi connectivity index (χ1v) is 15.8. The van der Waals surface area contributed by atoms with Gasteiger partial charge in [0, 0.05) is 31.6 Å². The molecule has 1 fully saturated rings. The van der Waals surface area contributed by atoms with Crippen LogP contribution in [0.2, 0.25) is 0 Å². The second kappa shape index (κ2) is 15.6. The van der Waals surface area contributed by atoms with Crippen LogP contribution in [0.5, 0.6) is 5.75 Å². The monoisotopic (exact) mass is 591 g/mol. The van der Waals surface area contributed by atoms with E-state index in [0.29, 0.717) is 19.6 Å². The molecule has 7 nitrogen and oxygen atoms in total. The molecule has 0 aromatic heterocycles. The van der Waals surface area contributed by atoms with Crippen molar-refractivity contribution in [1.82, 2.24) is 9.99 Å². The molecule has 0 bridgehead atoms. The third kappa shape index (κ3) is 7.57. The van der Waals surface area contributed by atoms with Crippen LogP contribution in [0.1, 0.15) is 58.6 Å². The normalized spacial score (nSPS) is 20.1. The molecule has 0 amide bonds. The van der Waals surface area contributed by atoms with Crippen LogP contribution < -0.4 is 10.1 Å². The number of rotatable bonds is 15. The predicted molar refractivity (Wildman–Crippen MR) is 168 cm³/mol. The van der Waals surface area contributed by atoms with Gasteiger partial charge in [-0.25, -0.2) is 4.67 Å². The van der Waals surface area contributed by atoms with Crippen LogP contribution in [-0.2, 0) is 19.3 Å². The number of nitrogens with zero attached hydrogens (tertiary/aromatic N) is 2. The molecule has 0 saturated carbocycles. The van der Waals surface area contributed by atoms with Gasteiger partial charge in [0.25, 0.3) is 8.53 Å². The third-order valence-corrected chi connectivity index (χ3v) is 9.56. The maximum atomic E-state index is 9.12. The zero-order valence-electron chi connectivity index (χ0n) is 26.3. The summed E-state index contributed by atoms with van der Waals surface area (Å²) in [5.74, 6) is 0.785. The van der Waals surface area contributed by atoms with Crippen LogP contribution in [0, 0.1) is 11.3 Å². The minimum Gasteiger partial charge on any atom is -0.497 e. The van der Waals surface area contributed by atoms with Crippen LogP contribution >= 0.6 is 8.53 Å². The Morgan fingerprint density at radius 3 is 2.07 bits per heavy atom. The molecule has 224 valence electrons. The van der Waals surface area contributed by atoms with Crippen molar-refractivity contribution < 1.29 is 19.9 Å². The van der Waals surface area contributed by atoms with E-state index in [-0.39, 0.29) is 24.6 Å². The number of nitrogens with one attached hydrogen (secondary N) is 1. The van der Waals surface area contributed by atoms with E-state index in [9.17, 15) is 0 Å². The van der Waals surface area contributed by atoms with E-state index in [0.717, 1.165) is 22.4 Å². The second-order valence-electron chi connectivity index (χ2n) is 10.9. The molecule has 2 unspecified atom stereocenters. The van der Waals surface area contributed by atoms with Gasteiger partial charge in [-0.1, -0.05) is 72.8 Å². The highest BCUT2D eigenvalue weighted by molar-refractivity contribution is 7.44. The number of hydrogen-bond donors (Lipinski definition) is 1. The van der Waals surface area contributed by atoms with Crippen LogP contribution in [-0.4, -0.2) is 55.8 Å². The maximum absolute atomic E-state index is 9.12. The van der Waals surface area contributed by atoms with Crippen molar-refractivity contribution in [2.24, 2.45) is 0 Å². The van der Waals surface area contributed by atoms with E-state index in [1.54, 1.807) is 7.11 Å². The van der Waals surface area contributed by atoms with Crippen LogP contribution in [0.3, 0.4) is 0 Å². The van der Waals surface area contributed by atoms with E-state index >= 15 is 0 Å². The quantitative estimate of drug-likeness (QED) is 0.116. The SMILES string of the molecule is [3H]C1C[C@@H](OP(OCCC#N)N(C(C)C)C(C)C)[C@@H](CNC(c2ccccc2)(c2ccccc2)c2ccc(OC)cc2)O1. The molecule has 1 aliphatic heterocycles. The minimum absolute atomic E-state index is 0.178. The van der Waals surface area contributed by atoms with E-state index in [2.05, 4.69) is 80.1 Å². The topological polar surface area (TPSA) is 76.0 Å². The van der Waals surface area contributed by atoms with Gasteiger partial charge in [-0.3, -0.25) is 5.32 Å². The lowest BCUT2D eigenvalue weighted by Crippen LogP contribution is -2.49. The molecule has 0 aliphatic carbocycles. The van der Waals surface area contributed by atoms with Gasteiger partial charge >= 0.3 is 0 Å². The average molecular weight is 592 g/mol. The summed E-state index contributed by atoms with van der Waals surface area (Å²) < 4.78 is 35.3. The molecule has 4 atom stereocenters. The Kier molecular flexibility index (Phi) is 11.4. The molecule has 1 saturated heterocycles. The van der Waals surface area contributed by atoms with E-state index < -0.39 is 26.8 Å². The zero-order valence-corrected chi connectivity index (χ0v) is 26.2. The molecule has 4 rings (SSSR count). The first-order valence-electron chi connectivity index (χ1n) is 15.2. The van der Waals surface area contributed by atoms with Crippen molar-refractivity contribution in [2.75, 3.05) is 26.8 Å². The Balaban J connectivity index is 1.69. The van der Waals surface area contributed by atoms with Gasteiger partial charge in [0.2, 0.25) is 0 Å². The molecular formula is C34H44N3O4P. The Bertz CT molecular complexity index is 1240. The smallest absolute Gasteiger partial charge is 0.259 e. The highest BCUT2D eigenvalue weighted by Gasteiger charge is 2.40. The fourth-order valence-electron chi connectivity index (χ4n) is 5.49. The molecule has 1 N–H and O–H groups in total. The first kappa shape index (κ1) is 30.6. The first-order chi connectivity index (χ1) is 20.8. The van der Waals surface area contributed by atoms with Crippen molar-refractivity contribution in [1.29, 1.82) is 5.26 Å². The molecule has 0 spiro atoms. The van der Waals surface area contributed by atoms with Gasteiger partial charge in [-0.2, -0.15) is 5.26 Å². The van der Waals surface area contributed by atoms with Crippen molar-refractivity contribution in [3.8, 4) is 11.8 Å². The highest BCUT2D eigenvalue weighted by atomic mass is 31.2. The van der Waals surface area contributed by atoms with Gasteiger partial charge in [-0.05, 0) is 56.5 Å². The Hall–Kier alpha value is -2.82. The highest BCUT2D eigenvalue weighted by Crippen LogP contribution is 2.49. The number of ether oxygens (including phenoxy) is 2. The average Bonchev–Trinajstić information content (AvgIpc) is 3.37. The maximum Gasteiger partial charge on any atom is 0.259 e.